The number of aromatic nitrogens is 1. The van der Waals surface area contributed by atoms with E-state index in [-0.39, 0.29) is 30.3 Å². The summed E-state index contributed by atoms with van der Waals surface area (Å²) in [6, 6.07) is 9.24. The maximum absolute atomic E-state index is 13.5. The molecule has 3 heterocycles. The van der Waals surface area contributed by atoms with Crippen LogP contribution in [0.2, 0.25) is 0 Å². The lowest BCUT2D eigenvalue weighted by Crippen LogP contribution is -2.22. The van der Waals surface area contributed by atoms with E-state index in [2.05, 4.69) is 46.2 Å². The molecule has 1 aromatic carbocycles. The summed E-state index contributed by atoms with van der Waals surface area (Å²) in [7, 11) is 3.23. The summed E-state index contributed by atoms with van der Waals surface area (Å²) in [5, 5.41) is 13.5. The number of pyridine rings is 1. The van der Waals surface area contributed by atoms with Gasteiger partial charge >= 0.3 is 5.97 Å². The van der Waals surface area contributed by atoms with Gasteiger partial charge in [0.05, 0.1) is 26.1 Å². The Balaban J connectivity index is 1.67. The first-order chi connectivity index (χ1) is 22.8. The van der Waals surface area contributed by atoms with Gasteiger partial charge in [-0.15, -0.1) is 0 Å². The van der Waals surface area contributed by atoms with Gasteiger partial charge in [-0.1, -0.05) is 31.3 Å². The third kappa shape index (κ3) is 11.0. The molecular weight excluding hydrogens is 594 g/mol. The van der Waals surface area contributed by atoms with Crippen LogP contribution in [-0.4, -0.2) is 68.1 Å². The zero-order valence-corrected chi connectivity index (χ0v) is 28.2. The number of anilines is 1. The second-order valence-corrected chi connectivity index (χ2v) is 12.5. The van der Waals surface area contributed by atoms with Crippen LogP contribution < -0.4 is 10.1 Å². The topological polar surface area (TPSA) is 119 Å². The smallest absolute Gasteiger partial charge is 0.302 e. The van der Waals surface area contributed by atoms with Gasteiger partial charge in [-0.2, -0.15) is 0 Å². The average molecular weight is 644 g/mol. The van der Waals surface area contributed by atoms with E-state index in [1.54, 1.807) is 25.3 Å². The van der Waals surface area contributed by atoms with Gasteiger partial charge in [0, 0.05) is 45.9 Å². The molecule has 2 aliphatic heterocycles. The first-order valence-corrected chi connectivity index (χ1v) is 16.7. The Morgan fingerprint density at radius 3 is 2.70 bits per heavy atom. The van der Waals surface area contributed by atoms with Crippen LogP contribution in [0.25, 0.3) is 0 Å². The number of phenols is 1. The molecule has 2 N–H and O–H groups in total. The van der Waals surface area contributed by atoms with Crippen molar-refractivity contribution in [2.45, 2.75) is 89.6 Å². The van der Waals surface area contributed by atoms with Crippen molar-refractivity contribution >= 4 is 23.8 Å². The quantitative estimate of drug-likeness (QED) is 0.184. The van der Waals surface area contributed by atoms with Crippen LogP contribution in [-0.2, 0) is 19.1 Å². The number of hydrogen-bond acceptors (Lipinski definition) is 9. The predicted molar refractivity (Wildman–Crippen MR) is 184 cm³/mol. The Hall–Kier alpha value is -4.16. The van der Waals surface area contributed by atoms with Gasteiger partial charge in [0.15, 0.2) is 11.5 Å². The number of carbonyl (C=O) groups is 2. The standard InChI is InChI=1S/C38H49N3O6/c1-5-27-10-12-35(47-26(2)42)23-34(43)20-29(30-11-13-36(44)37(21-30)46-4)8-6-15-40-38-22-31(14-16-41-38)28(9-7-17-45-3)19-33-25-39-24-32(33)18-27/h11,13-14,16,21-22,24,27-29,35,44H,5,7,9-10,12,15,17-20,23,25H2,1-4H3,(H,40,41). The Kier molecular flexibility index (Phi) is 13.9. The van der Waals surface area contributed by atoms with E-state index in [1.807, 2.05) is 12.4 Å². The number of nitrogens with one attached hydrogen (secondary N) is 1. The Labute approximate surface area is 279 Å². The summed E-state index contributed by atoms with van der Waals surface area (Å²) in [4.78, 5) is 34.8. The lowest BCUT2D eigenvalue weighted by atomic mass is 9.84. The summed E-state index contributed by atoms with van der Waals surface area (Å²) in [6.07, 6.45) is 9.83. The van der Waals surface area contributed by atoms with Crippen molar-refractivity contribution in [2.75, 3.05) is 39.2 Å². The fraction of sp³-hybridized carbons (Fsp3) is 0.526. The number of carbonyl (C=O) groups excluding carboxylic acids is 2. The highest BCUT2D eigenvalue weighted by atomic mass is 16.5. The first kappa shape index (κ1) is 35.7. The molecule has 9 nitrogen and oxygen atoms in total. The van der Waals surface area contributed by atoms with Crippen molar-refractivity contribution in [1.82, 2.24) is 4.98 Å². The monoisotopic (exact) mass is 643 g/mol. The number of esters is 1. The van der Waals surface area contributed by atoms with Crippen LogP contribution in [0, 0.1) is 17.8 Å². The van der Waals surface area contributed by atoms with E-state index in [9.17, 15) is 14.7 Å². The number of aromatic hydroxyl groups is 1. The highest BCUT2D eigenvalue weighted by Crippen LogP contribution is 2.35. The molecule has 4 rings (SSSR count). The summed E-state index contributed by atoms with van der Waals surface area (Å²) < 4.78 is 16.4. The van der Waals surface area contributed by atoms with E-state index in [0.29, 0.717) is 37.2 Å². The number of ether oxygens (including phenoxy) is 3. The van der Waals surface area contributed by atoms with Crippen LogP contribution in [0.3, 0.4) is 0 Å². The molecule has 0 saturated heterocycles. The SMILES string of the molecule is CCC1CCC(OC(C)=O)CC(=O)CC(c2ccc(O)c(OC)c2)C#CCNc2cc(ccn2)C(CCCOC)CC2=C(C=NC2)C1. The van der Waals surface area contributed by atoms with E-state index < -0.39 is 12.0 Å². The third-order valence-corrected chi connectivity index (χ3v) is 9.08. The van der Waals surface area contributed by atoms with Crippen molar-refractivity contribution in [3.8, 4) is 23.3 Å². The molecule has 0 aliphatic carbocycles. The van der Waals surface area contributed by atoms with Crippen LogP contribution in [0.5, 0.6) is 11.5 Å². The summed E-state index contributed by atoms with van der Waals surface area (Å²) in [5.74, 6) is 7.33. The molecule has 9 heteroatoms. The van der Waals surface area contributed by atoms with Gasteiger partial charge in [-0.3, -0.25) is 14.6 Å². The van der Waals surface area contributed by atoms with Crippen molar-refractivity contribution in [2.24, 2.45) is 10.9 Å². The average Bonchev–Trinajstić information content (AvgIpc) is 3.49. The lowest BCUT2D eigenvalue weighted by Gasteiger charge is -2.23. The van der Waals surface area contributed by atoms with Gasteiger partial charge in [0.25, 0.3) is 0 Å². The Morgan fingerprint density at radius 1 is 1.09 bits per heavy atom. The zero-order chi connectivity index (χ0) is 33.6. The molecular formula is C38H49N3O6. The van der Waals surface area contributed by atoms with Gasteiger partial charge < -0.3 is 24.6 Å². The minimum Gasteiger partial charge on any atom is -0.504 e. The molecule has 252 valence electrons. The van der Waals surface area contributed by atoms with Gasteiger partial charge in [-0.25, -0.2) is 4.98 Å². The second-order valence-electron chi connectivity index (χ2n) is 12.5. The molecule has 0 radical (unpaired) electrons. The van der Waals surface area contributed by atoms with E-state index in [1.165, 1.54) is 30.7 Å². The fourth-order valence-corrected chi connectivity index (χ4v) is 6.46. The van der Waals surface area contributed by atoms with Gasteiger partial charge in [0.1, 0.15) is 17.7 Å². The lowest BCUT2D eigenvalue weighted by molar-refractivity contribution is -0.148. The molecule has 0 fully saturated rings. The number of aliphatic imine (C=N–C) groups is 1. The number of nitrogens with zero attached hydrogens (tertiary/aromatic N) is 2. The highest BCUT2D eigenvalue weighted by Gasteiger charge is 2.25. The Bertz CT molecular complexity index is 1490. The third-order valence-electron chi connectivity index (χ3n) is 9.08. The summed E-state index contributed by atoms with van der Waals surface area (Å²) >= 11 is 0. The minimum absolute atomic E-state index is 0.0164. The maximum atomic E-state index is 13.5. The maximum Gasteiger partial charge on any atom is 0.302 e. The van der Waals surface area contributed by atoms with Crippen molar-refractivity contribution in [3.63, 3.8) is 0 Å². The minimum atomic E-state index is -0.503. The molecule has 0 saturated carbocycles. The van der Waals surface area contributed by atoms with Crippen molar-refractivity contribution in [1.29, 1.82) is 0 Å². The van der Waals surface area contributed by atoms with E-state index in [4.69, 9.17) is 14.2 Å². The number of hydrogen-bond donors (Lipinski definition) is 2. The van der Waals surface area contributed by atoms with Crippen molar-refractivity contribution < 1.29 is 28.9 Å². The second kappa shape index (κ2) is 18.2. The number of phenolic OH excluding ortho intramolecular Hbond substituents is 1. The van der Waals surface area contributed by atoms with Crippen LogP contribution in [0.4, 0.5) is 5.82 Å². The van der Waals surface area contributed by atoms with Gasteiger partial charge in [0.2, 0.25) is 0 Å². The van der Waals surface area contributed by atoms with Crippen LogP contribution >= 0.6 is 0 Å². The number of Topliss-reactive ketones (excluding diaryl/α,β-unsaturated/α-hetero) is 1. The van der Waals surface area contributed by atoms with Crippen LogP contribution in [0.15, 0.2) is 52.7 Å². The molecule has 0 amide bonds. The molecule has 0 spiro atoms. The zero-order valence-electron chi connectivity index (χ0n) is 28.2. The molecule has 2 aliphatic rings. The van der Waals surface area contributed by atoms with Crippen LogP contribution in [0.1, 0.15) is 94.6 Å². The normalized spacial score (nSPS) is 22.4. The number of ketones is 1. The number of allylic oxidation sites excluding steroid dienone is 1. The fourth-order valence-electron chi connectivity index (χ4n) is 6.46. The van der Waals surface area contributed by atoms with Gasteiger partial charge in [-0.05, 0) is 96.9 Å². The number of fused-ring (bicyclic) bond motifs is 2. The molecule has 47 heavy (non-hydrogen) atoms. The summed E-state index contributed by atoms with van der Waals surface area (Å²) in [6.45, 7) is 5.35. The number of rotatable bonds is 8. The molecule has 4 atom stereocenters. The predicted octanol–water partition coefficient (Wildman–Crippen LogP) is 6.77. The molecule has 2 aromatic rings. The van der Waals surface area contributed by atoms with E-state index in [0.717, 1.165) is 56.5 Å². The largest absolute Gasteiger partial charge is 0.504 e. The number of benzene rings is 1. The first-order valence-electron chi connectivity index (χ1n) is 16.7. The number of methoxy groups -OCH3 is 2. The van der Waals surface area contributed by atoms with E-state index >= 15 is 0 Å². The molecule has 4 unspecified atom stereocenters. The van der Waals surface area contributed by atoms with Crippen molar-refractivity contribution in [3.05, 3.63) is 58.8 Å². The molecule has 1 aromatic heterocycles. The summed E-state index contributed by atoms with van der Waals surface area (Å²) in [5.41, 5.74) is 4.66. The molecule has 2 bridgehead atoms. The Morgan fingerprint density at radius 2 is 1.94 bits per heavy atom. The highest BCUT2D eigenvalue weighted by molar-refractivity contribution is 5.82.